The summed E-state index contributed by atoms with van der Waals surface area (Å²) in [5.41, 5.74) is 0.157. The van der Waals surface area contributed by atoms with Crippen LogP contribution in [0.15, 0.2) is 0 Å². The lowest BCUT2D eigenvalue weighted by Crippen LogP contribution is -2.11. The van der Waals surface area contributed by atoms with Crippen molar-refractivity contribution in [3.8, 4) is 0 Å². The van der Waals surface area contributed by atoms with Crippen molar-refractivity contribution < 1.29 is 19.1 Å². The summed E-state index contributed by atoms with van der Waals surface area (Å²) in [6, 6.07) is 0.267. The fourth-order valence-electron chi connectivity index (χ4n) is 2.46. The first-order valence-corrected chi connectivity index (χ1v) is 7.70. The monoisotopic (exact) mass is 315 g/mol. The molecule has 0 spiro atoms. The topological polar surface area (TPSA) is 57.5 Å². The van der Waals surface area contributed by atoms with Crippen LogP contribution < -0.4 is 0 Å². The van der Waals surface area contributed by atoms with Gasteiger partial charge in [-0.25, -0.2) is 9.59 Å². The molecule has 0 atom stereocenters. The summed E-state index contributed by atoms with van der Waals surface area (Å²) in [4.78, 5) is 23.9. The molecule has 0 aliphatic heterocycles. The van der Waals surface area contributed by atoms with Gasteiger partial charge in [-0.2, -0.15) is 0 Å². The van der Waals surface area contributed by atoms with Gasteiger partial charge < -0.3 is 9.47 Å². The second kappa shape index (κ2) is 6.49. The lowest BCUT2D eigenvalue weighted by Gasteiger charge is -2.22. The molecule has 1 heterocycles. The van der Waals surface area contributed by atoms with Gasteiger partial charge in [-0.3, -0.25) is 3.96 Å². The van der Waals surface area contributed by atoms with Crippen molar-refractivity contribution in [3.63, 3.8) is 0 Å². The molecule has 1 aromatic heterocycles. The highest BCUT2D eigenvalue weighted by molar-refractivity contribution is 7.71. The molecule has 0 unspecified atom stereocenters. The standard InChI is InChI=1S/C13H17NO4S2/c1-17-12(15)9-10(13(16)18-2)20-14(11(9)19)8-6-4-3-5-7-8/h8H,3-7H2,1-2H3. The minimum Gasteiger partial charge on any atom is -0.465 e. The number of aromatic nitrogens is 1. The molecule has 1 fully saturated rings. The molecular formula is C13H17NO4S2. The minimum absolute atomic E-state index is 0.157. The molecule has 1 aliphatic carbocycles. The van der Waals surface area contributed by atoms with Crippen LogP contribution in [0.5, 0.6) is 0 Å². The Kier molecular flexibility index (Phi) is 4.93. The zero-order valence-corrected chi connectivity index (χ0v) is 13.1. The summed E-state index contributed by atoms with van der Waals surface area (Å²) >= 11 is 6.57. The van der Waals surface area contributed by atoms with Gasteiger partial charge in [-0.15, -0.1) is 0 Å². The van der Waals surface area contributed by atoms with Gasteiger partial charge in [0.05, 0.1) is 14.2 Å². The third-order valence-corrected chi connectivity index (χ3v) is 5.24. The Balaban J connectivity index is 2.49. The Morgan fingerprint density at radius 2 is 1.75 bits per heavy atom. The second-order valence-corrected chi connectivity index (χ2v) is 6.07. The van der Waals surface area contributed by atoms with Gasteiger partial charge in [0, 0.05) is 6.04 Å². The average Bonchev–Trinajstić information content (AvgIpc) is 2.84. The maximum atomic E-state index is 11.9. The molecule has 0 bridgehead atoms. The highest BCUT2D eigenvalue weighted by Gasteiger charge is 2.28. The first kappa shape index (κ1) is 15.2. The van der Waals surface area contributed by atoms with Gasteiger partial charge in [-0.05, 0) is 24.4 Å². The number of carbonyl (C=O) groups excluding carboxylic acids is 2. The molecular weight excluding hydrogens is 298 g/mol. The quantitative estimate of drug-likeness (QED) is 0.632. The molecule has 7 heteroatoms. The third kappa shape index (κ3) is 2.78. The fraction of sp³-hybridized carbons (Fsp3) is 0.615. The molecule has 0 amide bonds. The van der Waals surface area contributed by atoms with Gasteiger partial charge in [-0.1, -0.05) is 31.5 Å². The average molecular weight is 315 g/mol. The fourth-order valence-corrected chi connectivity index (χ4v) is 4.13. The largest absolute Gasteiger partial charge is 0.465 e. The van der Waals surface area contributed by atoms with Crippen molar-refractivity contribution in [2.75, 3.05) is 14.2 Å². The summed E-state index contributed by atoms with van der Waals surface area (Å²) in [5, 5.41) is 0. The molecule has 5 nitrogen and oxygen atoms in total. The zero-order valence-electron chi connectivity index (χ0n) is 11.5. The van der Waals surface area contributed by atoms with E-state index in [1.165, 1.54) is 32.2 Å². The number of carbonyl (C=O) groups is 2. The Hall–Kier alpha value is -1.21. The van der Waals surface area contributed by atoms with E-state index in [9.17, 15) is 9.59 Å². The predicted octanol–water partition coefficient (Wildman–Crippen LogP) is 3.36. The highest BCUT2D eigenvalue weighted by Crippen LogP contribution is 2.33. The predicted molar refractivity (Wildman–Crippen MR) is 77.9 cm³/mol. The number of ether oxygens (including phenoxy) is 2. The molecule has 2 rings (SSSR count). The number of nitrogens with zero attached hydrogens (tertiary/aromatic N) is 1. The summed E-state index contributed by atoms with van der Waals surface area (Å²) in [6.07, 6.45) is 5.56. The summed E-state index contributed by atoms with van der Waals surface area (Å²) in [6.45, 7) is 0. The van der Waals surface area contributed by atoms with Crippen LogP contribution in [0.4, 0.5) is 0 Å². The molecule has 0 N–H and O–H groups in total. The van der Waals surface area contributed by atoms with Crippen LogP contribution in [0.2, 0.25) is 0 Å². The second-order valence-electron chi connectivity index (χ2n) is 4.70. The lowest BCUT2D eigenvalue weighted by molar-refractivity contribution is 0.0559. The third-order valence-electron chi connectivity index (χ3n) is 3.50. The van der Waals surface area contributed by atoms with E-state index in [0.29, 0.717) is 4.64 Å². The molecule has 0 aromatic carbocycles. The lowest BCUT2D eigenvalue weighted by atomic mass is 9.96. The summed E-state index contributed by atoms with van der Waals surface area (Å²) < 4.78 is 11.7. The molecule has 110 valence electrons. The zero-order chi connectivity index (χ0) is 14.7. The highest BCUT2D eigenvalue weighted by atomic mass is 32.1. The van der Waals surface area contributed by atoms with Crippen molar-refractivity contribution >= 4 is 35.7 Å². The van der Waals surface area contributed by atoms with E-state index in [0.717, 1.165) is 25.7 Å². The van der Waals surface area contributed by atoms with Gasteiger partial charge in [0.15, 0.2) is 0 Å². The van der Waals surface area contributed by atoms with Gasteiger partial charge in [0.1, 0.15) is 15.1 Å². The van der Waals surface area contributed by atoms with Crippen LogP contribution in [-0.4, -0.2) is 30.1 Å². The first-order chi connectivity index (χ1) is 9.60. The van der Waals surface area contributed by atoms with E-state index < -0.39 is 11.9 Å². The van der Waals surface area contributed by atoms with Crippen molar-refractivity contribution in [1.82, 2.24) is 3.96 Å². The van der Waals surface area contributed by atoms with Crippen LogP contribution in [0.3, 0.4) is 0 Å². The first-order valence-electron chi connectivity index (χ1n) is 6.52. The van der Waals surface area contributed by atoms with Crippen LogP contribution >= 0.6 is 23.8 Å². The van der Waals surface area contributed by atoms with E-state index in [2.05, 4.69) is 0 Å². The summed E-state index contributed by atoms with van der Waals surface area (Å²) in [7, 11) is 2.57. The normalized spacial score (nSPS) is 15.9. The minimum atomic E-state index is -0.582. The number of hydrogen-bond donors (Lipinski definition) is 0. The molecule has 0 radical (unpaired) electrons. The van der Waals surface area contributed by atoms with E-state index in [1.807, 2.05) is 3.96 Å². The van der Waals surface area contributed by atoms with Gasteiger partial charge in [0.2, 0.25) is 0 Å². The van der Waals surface area contributed by atoms with E-state index >= 15 is 0 Å². The van der Waals surface area contributed by atoms with Crippen molar-refractivity contribution in [3.05, 3.63) is 15.1 Å². The Morgan fingerprint density at radius 3 is 2.30 bits per heavy atom. The Labute approximate surface area is 126 Å². The SMILES string of the molecule is COC(=O)c1sn(C2CCCCC2)c(=S)c1C(=O)OC. The number of hydrogen-bond acceptors (Lipinski definition) is 6. The van der Waals surface area contributed by atoms with Gasteiger partial charge in [0.25, 0.3) is 0 Å². The van der Waals surface area contributed by atoms with Crippen molar-refractivity contribution in [1.29, 1.82) is 0 Å². The van der Waals surface area contributed by atoms with Crippen LogP contribution in [0.25, 0.3) is 0 Å². The molecule has 0 saturated heterocycles. The van der Waals surface area contributed by atoms with E-state index in [-0.39, 0.29) is 16.5 Å². The van der Waals surface area contributed by atoms with Crippen molar-refractivity contribution in [2.24, 2.45) is 0 Å². The van der Waals surface area contributed by atoms with Crippen LogP contribution in [0, 0.1) is 4.64 Å². The number of methoxy groups -OCH3 is 2. The Morgan fingerprint density at radius 1 is 1.15 bits per heavy atom. The van der Waals surface area contributed by atoms with Crippen LogP contribution in [-0.2, 0) is 9.47 Å². The Bertz CT molecular complexity index is 569. The maximum absolute atomic E-state index is 11.9. The smallest absolute Gasteiger partial charge is 0.350 e. The van der Waals surface area contributed by atoms with Crippen molar-refractivity contribution in [2.45, 2.75) is 38.1 Å². The van der Waals surface area contributed by atoms with Crippen LogP contribution in [0.1, 0.15) is 58.2 Å². The number of esters is 2. The van der Waals surface area contributed by atoms with E-state index in [1.54, 1.807) is 0 Å². The molecule has 1 aromatic rings. The number of rotatable bonds is 3. The van der Waals surface area contributed by atoms with Gasteiger partial charge >= 0.3 is 11.9 Å². The molecule has 20 heavy (non-hydrogen) atoms. The van der Waals surface area contributed by atoms with E-state index in [4.69, 9.17) is 21.7 Å². The molecule has 1 aliphatic rings. The summed E-state index contributed by atoms with van der Waals surface area (Å²) in [5.74, 6) is -1.13. The molecule has 1 saturated carbocycles. The maximum Gasteiger partial charge on any atom is 0.350 e.